The van der Waals surface area contributed by atoms with Crippen LogP contribution in [0.4, 0.5) is 5.13 Å². The summed E-state index contributed by atoms with van der Waals surface area (Å²) in [5, 5.41) is 13.6. The maximum Gasteiger partial charge on any atom is 0.296 e. The molecule has 0 radical (unpaired) electrons. The van der Waals surface area contributed by atoms with Crippen molar-refractivity contribution in [2.75, 3.05) is 4.90 Å². The lowest BCUT2D eigenvalue weighted by atomic mass is 10.0. The largest absolute Gasteiger partial charge is 0.503 e. The second-order valence-corrected chi connectivity index (χ2v) is 9.26. The fourth-order valence-electron chi connectivity index (χ4n) is 3.79. The van der Waals surface area contributed by atoms with Gasteiger partial charge in [0.05, 0.1) is 16.1 Å². The van der Waals surface area contributed by atoms with Gasteiger partial charge in [-0.05, 0) is 30.5 Å². The van der Waals surface area contributed by atoms with Crippen LogP contribution in [-0.2, 0) is 4.79 Å². The lowest BCUT2D eigenvalue weighted by Gasteiger charge is -2.22. The Balaban J connectivity index is 1.64. The van der Waals surface area contributed by atoms with Crippen molar-refractivity contribution >= 4 is 56.2 Å². The van der Waals surface area contributed by atoms with E-state index in [1.165, 1.54) is 23.2 Å². The second-order valence-electron chi connectivity index (χ2n) is 7.30. The smallest absolute Gasteiger partial charge is 0.296 e. The average molecular weight is 465 g/mol. The maximum absolute atomic E-state index is 13.5. The van der Waals surface area contributed by atoms with Crippen LogP contribution in [0.3, 0.4) is 0 Å². The van der Waals surface area contributed by atoms with Gasteiger partial charge in [-0.3, -0.25) is 19.3 Å². The van der Waals surface area contributed by atoms with Crippen molar-refractivity contribution in [3.63, 3.8) is 0 Å². The number of carbonyl (C=O) groups is 3. The summed E-state index contributed by atoms with van der Waals surface area (Å²) in [6.45, 7) is 3.12. The van der Waals surface area contributed by atoms with E-state index in [-0.39, 0.29) is 22.2 Å². The van der Waals surface area contributed by atoms with Crippen LogP contribution >= 0.6 is 22.7 Å². The first kappa shape index (κ1) is 20.3. The number of anilines is 1. The van der Waals surface area contributed by atoms with E-state index in [1.54, 1.807) is 37.3 Å². The summed E-state index contributed by atoms with van der Waals surface area (Å²) in [5.74, 6) is -2.10. The molecule has 1 N–H and O–H groups in total. The molecule has 32 heavy (non-hydrogen) atoms. The number of ketones is 2. The third kappa shape index (κ3) is 3.09. The molecule has 5 rings (SSSR count). The molecule has 9 heteroatoms. The molecule has 0 fully saturated rings. The first-order chi connectivity index (χ1) is 15.4. The van der Waals surface area contributed by atoms with Gasteiger partial charge in [-0.1, -0.05) is 35.6 Å². The molecule has 0 saturated carbocycles. The number of thiophene rings is 1. The summed E-state index contributed by atoms with van der Waals surface area (Å²) >= 11 is 2.41. The maximum atomic E-state index is 13.5. The number of thiazole rings is 1. The zero-order valence-corrected chi connectivity index (χ0v) is 18.6. The Bertz CT molecular complexity index is 1390. The summed E-state index contributed by atoms with van der Waals surface area (Å²) in [5.41, 5.74) is 0.951. The van der Waals surface area contributed by atoms with Gasteiger partial charge in [0.1, 0.15) is 11.6 Å². The molecule has 4 aromatic rings. The molecule has 0 unspecified atom stereocenters. The SMILES string of the molecule is CC(=O)c1sc(N2C(=O)C(O)=C(C(=O)c3cc4ccccc4o3)[C@@H]2c2cccs2)nc1C. The minimum Gasteiger partial charge on any atom is -0.503 e. The summed E-state index contributed by atoms with van der Waals surface area (Å²) in [6, 6.07) is 11.5. The summed E-state index contributed by atoms with van der Waals surface area (Å²) < 4.78 is 5.71. The van der Waals surface area contributed by atoms with Gasteiger partial charge in [-0.25, -0.2) is 4.98 Å². The standard InChI is InChI=1S/C23H16N2O5S2/c1-11-21(12(2)26)32-23(24-11)25-18(16-8-5-9-31-16)17(20(28)22(25)29)19(27)15-10-13-6-3-4-7-14(13)30-15/h3-10,18,28H,1-2H3/t18-/m0/s1. The van der Waals surface area contributed by atoms with Crippen LogP contribution in [0.2, 0.25) is 0 Å². The number of amides is 1. The Hall–Kier alpha value is -3.56. The first-order valence-electron chi connectivity index (χ1n) is 9.68. The highest BCUT2D eigenvalue weighted by molar-refractivity contribution is 7.18. The van der Waals surface area contributed by atoms with Crippen LogP contribution in [0.25, 0.3) is 11.0 Å². The van der Waals surface area contributed by atoms with Crippen LogP contribution in [0, 0.1) is 6.92 Å². The van der Waals surface area contributed by atoms with Crippen molar-refractivity contribution in [2.45, 2.75) is 19.9 Å². The predicted octanol–water partition coefficient (Wildman–Crippen LogP) is 5.24. The number of aromatic nitrogens is 1. The van der Waals surface area contributed by atoms with E-state index in [0.717, 1.165) is 16.7 Å². The number of aliphatic hydroxyl groups is 1. The van der Waals surface area contributed by atoms with Gasteiger partial charge in [-0.2, -0.15) is 0 Å². The Kier molecular flexibility index (Phi) is 4.79. The Morgan fingerprint density at radius 1 is 1.19 bits per heavy atom. The first-order valence-corrected chi connectivity index (χ1v) is 11.4. The van der Waals surface area contributed by atoms with Crippen LogP contribution in [0.1, 0.15) is 43.8 Å². The van der Waals surface area contributed by atoms with Crippen molar-refractivity contribution in [3.05, 3.63) is 80.4 Å². The molecule has 160 valence electrons. The Morgan fingerprint density at radius 3 is 2.62 bits per heavy atom. The third-order valence-electron chi connectivity index (χ3n) is 5.23. The summed E-state index contributed by atoms with van der Waals surface area (Å²) in [4.78, 5) is 45.3. The highest BCUT2D eigenvalue weighted by Crippen LogP contribution is 2.45. The van der Waals surface area contributed by atoms with Crippen LogP contribution < -0.4 is 4.90 Å². The molecule has 0 bridgehead atoms. The number of aryl methyl sites for hydroxylation is 1. The van der Waals surface area contributed by atoms with Crippen molar-refractivity contribution in [2.24, 2.45) is 0 Å². The summed E-state index contributed by atoms with van der Waals surface area (Å²) in [6.07, 6.45) is 0. The van der Waals surface area contributed by atoms with Gasteiger partial charge in [0.15, 0.2) is 22.4 Å². The van der Waals surface area contributed by atoms with Crippen LogP contribution in [0.5, 0.6) is 0 Å². The molecular formula is C23H16N2O5S2. The number of Topliss-reactive ketones (excluding diaryl/α,β-unsaturated/α-hetero) is 2. The number of carbonyl (C=O) groups excluding carboxylic acids is 3. The highest BCUT2D eigenvalue weighted by Gasteiger charge is 2.47. The van der Waals surface area contributed by atoms with E-state index in [9.17, 15) is 19.5 Å². The number of aliphatic hydroxyl groups excluding tert-OH is 1. The van der Waals surface area contributed by atoms with Gasteiger partial charge in [0, 0.05) is 17.2 Å². The minimum absolute atomic E-state index is 0.0312. The molecule has 1 amide bonds. The molecule has 0 spiro atoms. The zero-order chi connectivity index (χ0) is 22.6. The molecule has 1 aliphatic rings. The number of nitrogens with zero attached hydrogens (tertiary/aromatic N) is 2. The fraction of sp³-hybridized carbons (Fsp3) is 0.130. The van der Waals surface area contributed by atoms with Gasteiger partial charge in [0.25, 0.3) is 5.91 Å². The number of hydrogen-bond acceptors (Lipinski definition) is 8. The number of hydrogen-bond donors (Lipinski definition) is 1. The third-order valence-corrected chi connectivity index (χ3v) is 7.41. The van der Waals surface area contributed by atoms with E-state index in [0.29, 0.717) is 21.0 Å². The van der Waals surface area contributed by atoms with Crippen LogP contribution in [-0.4, -0.2) is 27.6 Å². The van der Waals surface area contributed by atoms with Gasteiger partial charge in [0.2, 0.25) is 5.78 Å². The monoisotopic (exact) mass is 464 g/mol. The topological polar surface area (TPSA) is 101 Å². The Labute approximate surface area is 190 Å². The lowest BCUT2D eigenvalue weighted by Crippen LogP contribution is -2.30. The second kappa shape index (κ2) is 7.54. The van der Waals surface area contributed by atoms with Crippen LogP contribution in [0.15, 0.2) is 63.6 Å². The average Bonchev–Trinajstić information content (AvgIpc) is 3.54. The molecule has 1 atom stereocenters. The van der Waals surface area contributed by atoms with Gasteiger partial charge >= 0.3 is 0 Å². The lowest BCUT2D eigenvalue weighted by molar-refractivity contribution is -0.117. The minimum atomic E-state index is -0.881. The van der Waals surface area contributed by atoms with Crippen molar-refractivity contribution in [1.29, 1.82) is 0 Å². The molecule has 7 nitrogen and oxygen atoms in total. The van der Waals surface area contributed by atoms with Gasteiger partial charge in [-0.15, -0.1) is 11.3 Å². The summed E-state index contributed by atoms with van der Waals surface area (Å²) in [7, 11) is 0. The zero-order valence-electron chi connectivity index (χ0n) is 17.0. The van der Waals surface area contributed by atoms with Crippen molar-refractivity contribution in [3.8, 4) is 0 Å². The van der Waals surface area contributed by atoms with E-state index in [4.69, 9.17) is 4.42 Å². The Morgan fingerprint density at radius 2 is 1.97 bits per heavy atom. The number of benzene rings is 1. The number of fused-ring (bicyclic) bond motifs is 1. The quantitative estimate of drug-likeness (QED) is 0.405. The fourth-order valence-corrected chi connectivity index (χ4v) is 5.60. The molecular weight excluding hydrogens is 448 g/mol. The van der Waals surface area contributed by atoms with Crippen molar-refractivity contribution in [1.82, 2.24) is 4.98 Å². The van der Waals surface area contributed by atoms with Gasteiger partial charge < -0.3 is 9.52 Å². The molecule has 3 aromatic heterocycles. The van der Waals surface area contributed by atoms with E-state index < -0.39 is 23.5 Å². The molecule has 0 saturated heterocycles. The molecule has 0 aliphatic carbocycles. The van der Waals surface area contributed by atoms with E-state index >= 15 is 0 Å². The highest BCUT2D eigenvalue weighted by atomic mass is 32.1. The number of rotatable bonds is 5. The predicted molar refractivity (Wildman–Crippen MR) is 122 cm³/mol. The number of furan rings is 1. The van der Waals surface area contributed by atoms with E-state index in [1.807, 2.05) is 17.5 Å². The molecule has 1 aliphatic heterocycles. The molecule has 1 aromatic carbocycles. The normalized spacial score (nSPS) is 16.4. The molecule has 4 heterocycles. The van der Waals surface area contributed by atoms with Crippen molar-refractivity contribution < 1.29 is 23.9 Å². The number of para-hydroxylation sites is 1. The van der Waals surface area contributed by atoms with E-state index in [2.05, 4.69) is 4.98 Å².